The second-order valence-electron chi connectivity index (χ2n) is 5.21. The predicted molar refractivity (Wildman–Crippen MR) is 79.7 cm³/mol. The molecule has 0 atom stereocenters. The Morgan fingerprint density at radius 1 is 1.15 bits per heavy atom. The molecular weight excluding hydrogens is 246 g/mol. The third-order valence-corrected chi connectivity index (χ3v) is 3.90. The number of benzene rings is 1. The van der Waals surface area contributed by atoms with Gasteiger partial charge in [-0.05, 0) is 49.2 Å². The number of aromatic nitrogens is 1. The lowest BCUT2D eigenvalue weighted by molar-refractivity contribution is 0.105. The second-order valence-corrected chi connectivity index (χ2v) is 5.21. The number of nitrogens with zero attached hydrogens (tertiary/aromatic N) is 1. The van der Waals surface area contributed by atoms with Crippen molar-refractivity contribution in [3.63, 3.8) is 0 Å². The average molecular weight is 263 g/mol. The van der Waals surface area contributed by atoms with Crippen LogP contribution in [-0.2, 0) is 19.9 Å². The first-order chi connectivity index (χ1) is 9.75. The fraction of sp³-hybridized carbons (Fsp3) is 0.278. The van der Waals surface area contributed by atoms with Crippen molar-refractivity contribution in [2.24, 2.45) is 7.05 Å². The van der Waals surface area contributed by atoms with Crippen molar-refractivity contribution in [3.8, 4) is 11.8 Å². The summed E-state index contributed by atoms with van der Waals surface area (Å²) in [6.45, 7) is 0. The van der Waals surface area contributed by atoms with E-state index in [0.717, 1.165) is 18.5 Å². The van der Waals surface area contributed by atoms with Gasteiger partial charge in [0, 0.05) is 18.3 Å². The summed E-state index contributed by atoms with van der Waals surface area (Å²) in [5.74, 6) is 5.67. The number of carbonyl (C=O) groups is 1. The van der Waals surface area contributed by atoms with Gasteiger partial charge in [0.05, 0.1) is 5.69 Å². The van der Waals surface area contributed by atoms with Crippen LogP contribution in [0.1, 0.15) is 40.2 Å². The maximum absolute atomic E-state index is 12.0. The molecule has 0 unspecified atom stereocenters. The first kappa shape index (κ1) is 12.7. The van der Waals surface area contributed by atoms with Crippen LogP contribution in [0.3, 0.4) is 0 Å². The van der Waals surface area contributed by atoms with E-state index in [2.05, 4.69) is 22.5 Å². The van der Waals surface area contributed by atoms with Crippen molar-refractivity contribution < 1.29 is 4.79 Å². The van der Waals surface area contributed by atoms with Crippen LogP contribution < -0.4 is 0 Å². The maximum Gasteiger partial charge on any atom is 0.236 e. The Balaban J connectivity index is 1.88. The number of hydrogen-bond donors (Lipinski definition) is 0. The Kier molecular flexibility index (Phi) is 3.43. The molecule has 1 aliphatic rings. The third-order valence-electron chi connectivity index (χ3n) is 3.90. The molecule has 20 heavy (non-hydrogen) atoms. The molecule has 2 heteroatoms. The molecule has 1 heterocycles. The SMILES string of the molecule is Cn1c(C#CC(=O)c2ccccc2)cc2c1CCCC2. The molecule has 1 aliphatic carbocycles. The fourth-order valence-corrected chi connectivity index (χ4v) is 2.76. The lowest BCUT2D eigenvalue weighted by atomic mass is 9.98. The van der Waals surface area contributed by atoms with E-state index in [1.165, 1.54) is 24.1 Å². The molecule has 0 spiro atoms. The molecule has 0 radical (unpaired) electrons. The van der Waals surface area contributed by atoms with E-state index >= 15 is 0 Å². The minimum atomic E-state index is -0.121. The zero-order valence-electron chi connectivity index (χ0n) is 11.6. The largest absolute Gasteiger partial charge is 0.341 e. The van der Waals surface area contributed by atoms with Crippen LogP contribution in [0.2, 0.25) is 0 Å². The second kappa shape index (κ2) is 5.38. The molecule has 3 rings (SSSR count). The summed E-state index contributed by atoms with van der Waals surface area (Å²) >= 11 is 0. The van der Waals surface area contributed by atoms with Crippen molar-refractivity contribution in [1.82, 2.24) is 4.57 Å². The summed E-state index contributed by atoms with van der Waals surface area (Å²) in [6.07, 6.45) is 4.77. The molecule has 100 valence electrons. The van der Waals surface area contributed by atoms with E-state index in [-0.39, 0.29) is 5.78 Å². The van der Waals surface area contributed by atoms with Crippen molar-refractivity contribution in [1.29, 1.82) is 0 Å². The zero-order valence-corrected chi connectivity index (χ0v) is 11.6. The lowest BCUT2D eigenvalue weighted by Gasteiger charge is -2.12. The van der Waals surface area contributed by atoms with E-state index in [0.29, 0.717) is 5.56 Å². The molecular formula is C18H17NO. The molecule has 2 nitrogen and oxygen atoms in total. The zero-order chi connectivity index (χ0) is 13.9. The van der Waals surface area contributed by atoms with E-state index in [1.54, 1.807) is 12.1 Å². The molecule has 1 aromatic heterocycles. The molecule has 0 bridgehead atoms. The van der Waals surface area contributed by atoms with Gasteiger partial charge in [-0.15, -0.1) is 0 Å². The minimum Gasteiger partial charge on any atom is -0.341 e. The minimum absolute atomic E-state index is 0.121. The molecule has 0 aliphatic heterocycles. The van der Waals surface area contributed by atoms with Gasteiger partial charge in [0.25, 0.3) is 0 Å². The summed E-state index contributed by atoms with van der Waals surface area (Å²) in [4.78, 5) is 12.0. The highest BCUT2D eigenvalue weighted by Crippen LogP contribution is 2.23. The summed E-state index contributed by atoms with van der Waals surface area (Å²) in [7, 11) is 2.04. The number of hydrogen-bond acceptors (Lipinski definition) is 1. The maximum atomic E-state index is 12.0. The van der Waals surface area contributed by atoms with Crippen LogP contribution in [-0.4, -0.2) is 10.4 Å². The van der Waals surface area contributed by atoms with Crippen molar-refractivity contribution >= 4 is 5.78 Å². The van der Waals surface area contributed by atoms with Gasteiger partial charge in [0.15, 0.2) is 0 Å². The van der Waals surface area contributed by atoms with Crippen molar-refractivity contribution in [3.05, 3.63) is 58.9 Å². The first-order valence-electron chi connectivity index (χ1n) is 7.04. The number of carbonyl (C=O) groups excluding carboxylic acids is 1. The van der Waals surface area contributed by atoms with Crippen LogP contribution in [0.4, 0.5) is 0 Å². The van der Waals surface area contributed by atoms with E-state index in [9.17, 15) is 4.79 Å². The van der Waals surface area contributed by atoms with E-state index < -0.39 is 0 Å². The Morgan fingerprint density at radius 3 is 2.65 bits per heavy atom. The normalized spacial score (nSPS) is 13.2. The van der Waals surface area contributed by atoms with E-state index in [1.807, 2.05) is 25.2 Å². The van der Waals surface area contributed by atoms with E-state index in [4.69, 9.17) is 0 Å². The van der Waals surface area contributed by atoms with Crippen LogP contribution in [0.15, 0.2) is 36.4 Å². The molecule has 1 aromatic carbocycles. The standard InChI is InChI=1S/C18H17NO/c1-19-16(13-15-9-5-6-10-17(15)19)11-12-18(20)14-7-3-2-4-8-14/h2-4,7-8,13H,5-6,9-10H2,1H3. The van der Waals surface area contributed by atoms with Gasteiger partial charge in [0.1, 0.15) is 0 Å². The fourth-order valence-electron chi connectivity index (χ4n) is 2.76. The average Bonchev–Trinajstić information content (AvgIpc) is 2.83. The predicted octanol–water partition coefficient (Wildman–Crippen LogP) is 3.14. The number of rotatable bonds is 1. The van der Waals surface area contributed by atoms with Crippen LogP contribution in [0, 0.1) is 11.8 Å². The highest BCUT2D eigenvalue weighted by Gasteiger charge is 2.15. The van der Waals surface area contributed by atoms with Gasteiger partial charge in [-0.1, -0.05) is 30.3 Å². The summed E-state index contributed by atoms with van der Waals surface area (Å²) in [6, 6.07) is 11.3. The molecule has 0 N–H and O–H groups in total. The Hall–Kier alpha value is -2.27. The Bertz CT molecular complexity index is 698. The lowest BCUT2D eigenvalue weighted by Crippen LogP contribution is -2.05. The van der Waals surface area contributed by atoms with Crippen LogP contribution >= 0.6 is 0 Å². The smallest absolute Gasteiger partial charge is 0.236 e. The van der Waals surface area contributed by atoms with Crippen molar-refractivity contribution in [2.45, 2.75) is 25.7 Å². The topological polar surface area (TPSA) is 22.0 Å². The first-order valence-corrected chi connectivity index (χ1v) is 7.04. The molecule has 0 amide bonds. The number of Topliss-reactive ketones (excluding diaryl/α,β-unsaturated/α-hetero) is 1. The number of fused-ring (bicyclic) bond motifs is 1. The summed E-state index contributed by atoms with van der Waals surface area (Å²) in [5.41, 5.74) is 4.38. The summed E-state index contributed by atoms with van der Waals surface area (Å²) < 4.78 is 2.14. The number of ketones is 1. The quantitative estimate of drug-likeness (QED) is 0.572. The molecule has 0 saturated heterocycles. The molecule has 0 fully saturated rings. The molecule has 2 aromatic rings. The van der Waals surface area contributed by atoms with Crippen molar-refractivity contribution in [2.75, 3.05) is 0 Å². The van der Waals surface area contributed by atoms with Crippen LogP contribution in [0.25, 0.3) is 0 Å². The Labute approximate surface area is 119 Å². The number of aryl methyl sites for hydroxylation is 1. The highest BCUT2D eigenvalue weighted by atomic mass is 16.1. The van der Waals surface area contributed by atoms with Gasteiger partial charge in [0.2, 0.25) is 5.78 Å². The summed E-state index contributed by atoms with van der Waals surface area (Å²) in [5, 5.41) is 0. The van der Waals surface area contributed by atoms with Crippen LogP contribution in [0.5, 0.6) is 0 Å². The van der Waals surface area contributed by atoms with Gasteiger partial charge < -0.3 is 4.57 Å². The Morgan fingerprint density at radius 2 is 1.90 bits per heavy atom. The third kappa shape index (κ3) is 2.40. The van der Waals surface area contributed by atoms with Gasteiger partial charge >= 0.3 is 0 Å². The highest BCUT2D eigenvalue weighted by molar-refractivity contribution is 6.09. The van der Waals surface area contributed by atoms with Gasteiger partial charge in [-0.2, -0.15) is 0 Å². The van der Waals surface area contributed by atoms with Gasteiger partial charge in [-0.3, -0.25) is 4.79 Å². The molecule has 0 saturated carbocycles. The monoisotopic (exact) mass is 263 g/mol. The van der Waals surface area contributed by atoms with Gasteiger partial charge in [-0.25, -0.2) is 0 Å².